The van der Waals surface area contributed by atoms with E-state index in [0.29, 0.717) is 24.5 Å². The first-order valence-electron chi connectivity index (χ1n) is 9.05. The van der Waals surface area contributed by atoms with Crippen LogP contribution in [0.2, 0.25) is 0 Å². The van der Waals surface area contributed by atoms with Crippen molar-refractivity contribution in [3.8, 4) is 5.75 Å². The molecule has 26 heavy (non-hydrogen) atoms. The number of urea groups is 1. The summed E-state index contributed by atoms with van der Waals surface area (Å²) in [6.45, 7) is 7.22. The minimum absolute atomic E-state index is 0.0376. The van der Waals surface area contributed by atoms with Crippen molar-refractivity contribution in [2.75, 3.05) is 32.5 Å². The van der Waals surface area contributed by atoms with Crippen LogP contribution in [0.25, 0.3) is 0 Å². The van der Waals surface area contributed by atoms with E-state index in [2.05, 4.69) is 22.9 Å². The van der Waals surface area contributed by atoms with Crippen molar-refractivity contribution in [3.05, 3.63) is 23.8 Å². The number of carbonyl (C=O) groups excluding carboxylic acids is 2. The quantitative estimate of drug-likeness (QED) is 0.763. The van der Waals surface area contributed by atoms with E-state index >= 15 is 0 Å². The van der Waals surface area contributed by atoms with Gasteiger partial charge in [-0.1, -0.05) is 6.92 Å². The molecule has 1 aromatic rings. The van der Waals surface area contributed by atoms with Crippen molar-refractivity contribution in [2.24, 2.45) is 5.92 Å². The van der Waals surface area contributed by atoms with Gasteiger partial charge in [-0.3, -0.25) is 4.79 Å². The number of ether oxygens (including phenoxy) is 1. The fourth-order valence-corrected chi connectivity index (χ4v) is 3.01. The number of hydrogen-bond acceptors (Lipinski definition) is 4. The third-order valence-corrected chi connectivity index (χ3v) is 4.39. The molecule has 0 radical (unpaired) electrons. The van der Waals surface area contributed by atoms with Crippen LogP contribution < -0.4 is 20.7 Å². The molecule has 1 aliphatic rings. The molecule has 1 aliphatic heterocycles. The first kappa shape index (κ1) is 20.0. The highest BCUT2D eigenvalue weighted by Crippen LogP contribution is 2.28. The molecule has 2 atom stereocenters. The van der Waals surface area contributed by atoms with E-state index in [-0.39, 0.29) is 36.4 Å². The minimum atomic E-state index is -0.269. The van der Waals surface area contributed by atoms with E-state index in [0.717, 1.165) is 5.56 Å². The average molecular weight is 362 g/mol. The number of carbonyl (C=O) groups is 2. The maximum Gasteiger partial charge on any atom is 0.319 e. The number of benzene rings is 1. The van der Waals surface area contributed by atoms with Gasteiger partial charge in [-0.2, -0.15) is 0 Å². The van der Waals surface area contributed by atoms with Gasteiger partial charge in [0.2, 0.25) is 5.91 Å². The highest BCUT2D eigenvalue weighted by atomic mass is 16.5. The van der Waals surface area contributed by atoms with Crippen LogP contribution in [0.4, 0.5) is 10.5 Å². The zero-order valence-electron chi connectivity index (χ0n) is 16.3. The Morgan fingerprint density at radius 3 is 2.77 bits per heavy atom. The summed E-state index contributed by atoms with van der Waals surface area (Å²) < 4.78 is 6.22. The molecular formula is C19H30N4O3. The fourth-order valence-electron chi connectivity index (χ4n) is 3.01. The first-order valence-corrected chi connectivity index (χ1v) is 9.05. The third-order valence-electron chi connectivity index (χ3n) is 4.39. The Kier molecular flexibility index (Phi) is 6.85. The maximum absolute atomic E-state index is 12.5. The summed E-state index contributed by atoms with van der Waals surface area (Å²) >= 11 is 0. The Labute approximate surface area is 155 Å². The Morgan fingerprint density at radius 2 is 2.12 bits per heavy atom. The monoisotopic (exact) mass is 362 g/mol. The lowest BCUT2D eigenvalue weighted by Crippen LogP contribution is -2.41. The molecule has 0 unspecified atom stereocenters. The highest BCUT2D eigenvalue weighted by molar-refractivity contribution is 5.90. The maximum atomic E-state index is 12.5. The van der Waals surface area contributed by atoms with E-state index in [1.165, 1.54) is 0 Å². The van der Waals surface area contributed by atoms with Crippen molar-refractivity contribution < 1.29 is 14.3 Å². The molecule has 7 nitrogen and oxygen atoms in total. The standard InChI is InChI=1S/C19H30N4O3/c1-12(2)21-19(25)22-15-6-7-16-14(8-15)9-18(24)23(5)11-13(3)17(26-16)10-20-4/h6-8,12-13,17,20H,9-11H2,1-5H3,(H2,21,22,25)/t13-,17+/m1/s1. The Morgan fingerprint density at radius 1 is 1.38 bits per heavy atom. The topological polar surface area (TPSA) is 82.7 Å². The van der Waals surface area contributed by atoms with Gasteiger partial charge in [0.1, 0.15) is 11.9 Å². The van der Waals surface area contributed by atoms with Crippen LogP contribution in [0.5, 0.6) is 5.75 Å². The Hall–Kier alpha value is -2.28. The number of fused-ring (bicyclic) bond motifs is 1. The van der Waals surface area contributed by atoms with Gasteiger partial charge in [0.15, 0.2) is 0 Å². The molecule has 0 aliphatic carbocycles. The van der Waals surface area contributed by atoms with Gasteiger partial charge in [0.05, 0.1) is 6.42 Å². The molecule has 3 amide bonds. The van der Waals surface area contributed by atoms with Crippen LogP contribution in [0.15, 0.2) is 18.2 Å². The van der Waals surface area contributed by atoms with Gasteiger partial charge in [-0.25, -0.2) is 4.79 Å². The molecule has 0 aromatic heterocycles. The molecule has 3 N–H and O–H groups in total. The SMILES string of the molecule is CNC[C@@H]1Oc2ccc(NC(=O)NC(C)C)cc2CC(=O)N(C)C[C@H]1C. The molecule has 0 spiro atoms. The lowest BCUT2D eigenvalue weighted by molar-refractivity contribution is -0.129. The fraction of sp³-hybridized carbons (Fsp3) is 0.579. The second-order valence-electron chi connectivity index (χ2n) is 7.22. The number of likely N-dealkylation sites (N-methyl/N-ethyl adjacent to an activating group) is 2. The van der Waals surface area contributed by atoms with Gasteiger partial charge in [0.25, 0.3) is 0 Å². The average Bonchev–Trinajstić information content (AvgIpc) is 2.58. The first-order chi connectivity index (χ1) is 12.3. The van der Waals surface area contributed by atoms with Crippen LogP contribution in [0.1, 0.15) is 26.3 Å². The molecular weight excluding hydrogens is 332 g/mol. The molecule has 0 bridgehead atoms. The summed E-state index contributed by atoms with van der Waals surface area (Å²) in [5, 5.41) is 8.74. The molecule has 144 valence electrons. The van der Waals surface area contributed by atoms with Crippen LogP contribution in [-0.4, -0.2) is 56.2 Å². The van der Waals surface area contributed by atoms with Crippen molar-refractivity contribution >= 4 is 17.6 Å². The zero-order chi connectivity index (χ0) is 19.3. The van der Waals surface area contributed by atoms with Gasteiger partial charge in [-0.05, 0) is 39.1 Å². The lowest BCUT2D eigenvalue weighted by atomic mass is 10.0. The summed E-state index contributed by atoms with van der Waals surface area (Å²) in [6, 6.07) is 5.22. The normalized spacial score (nSPS) is 20.5. The lowest BCUT2D eigenvalue weighted by Gasteiger charge is -2.27. The van der Waals surface area contributed by atoms with Crippen LogP contribution in [-0.2, 0) is 11.2 Å². The number of hydrogen-bond donors (Lipinski definition) is 3. The minimum Gasteiger partial charge on any atom is -0.488 e. The van der Waals surface area contributed by atoms with Gasteiger partial charge in [0, 0.05) is 43.3 Å². The van der Waals surface area contributed by atoms with E-state index in [4.69, 9.17) is 4.74 Å². The molecule has 1 heterocycles. The molecule has 0 saturated carbocycles. The third kappa shape index (κ3) is 5.36. The molecule has 1 aromatic carbocycles. The van der Waals surface area contributed by atoms with E-state index in [9.17, 15) is 9.59 Å². The summed E-state index contributed by atoms with van der Waals surface area (Å²) in [5.41, 5.74) is 1.41. The number of amides is 3. The van der Waals surface area contributed by atoms with Crippen molar-refractivity contribution in [1.82, 2.24) is 15.5 Å². The molecule has 0 fully saturated rings. The summed E-state index contributed by atoms with van der Waals surface area (Å²) in [4.78, 5) is 26.2. The van der Waals surface area contributed by atoms with Crippen LogP contribution in [0.3, 0.4) is 0 Å². The Balaban J connectivity index is 2.28. The second-order valence-corrected chi connectivity index (χ2v) is 7.22. The number of nitrogens with one attached hydrogen (secondary N) is 3. The summed E-state index contributed by atoms with van der Waals surface area (Å²) in [6.07, 6.45) is 0.196. The van der Waals surface area contributed by atoms with E-state index in [1.807, 2.05) is 40.1 Å². The molecule has 2 rings (SSSR count). The molecule has 7 heteroatoms. The van der Waals surface area contributed by atoms with Gasteiger partial charge >= 0.3 is 6.03 Å². The number of nitrogens with zero attached hydrogens (tertiary/aromatic N) is 1. The predicted octanol–water partition coefficient (Wildman–Crippen LogP) is 1.83. The van der Waals surface area contributed by atoms with E-state index < -0.39 is 0 Å². The zero-order valence-corrected chi connectivity index (χ0v) is 16.3. The summed E-state index contributed by atoms with van der Waals surface area (Å²) in [5.74, 6) is 0.920. The largest absolute Gasteiger partial charge is 0.488 e. The second kappa shape index (κ2) is 8.89. The van der Waals surface area contributed by atoms with Crippen molar-refractivity contribution in [2.45, 2.75) is 39.3 Å². The van der Waals surface area contributed by atoms with Crippen LogP contribution in [0, 0.1) is 5.92 Å². The summed E-state index contributed by atoms with van der Waals surface area (Å²) in [7, 11) is 3.71. The van der Waals surface area contributed by atoms with Gasteiger partial charge < -0.3 is 25.6 Å². The van der Waals surface area contributed by atoms with Crippen molar-refractivity contribution in [3.63, 3.8) is 0 Å². The predicted molar refractivity (Wildman–Crippen MR) is 103 cm³/mol. The highest BCUT2D eigenvalue weighted by Gasteiger charge is 2.26. The van der Waals surface area contributed by atoms with E-state index in [1.54, 1.807) is 11.0 Å². The van der Waals surface area contributed by atoms with Crippen molar-refractivity contribution in [1.29, 1.82) is 0 Å². The van der Waals surface area contributed by atoms with Gasteiger partial charge in [-0.15, -0.1) is 0 Å². The van der Waals surface area contributed by atoms with Crippen LogP contribution >= 0.6 is 0 Å². The Bertz CT molecular complexity index is 648. The molecule has 0 saturated heterocycles. The number of rotatable bonds is 4. The number of anilines is 1. The smallest absolute Gasteiger partial charge is 0.319 e.